The Labute approximate surface area is 101 Å². The van der Waals surface area contributed by atoms with Gasteiger partial charge in [-0.3, -0.25) is 0 Å². The molecule has 0 aliphatic carbocycles. The molecule has 17 heavy (non-hydrogen) atoms. The van der Waals surface area contributed by atoms with Gasteiger partial charge in [0.15, 0.2) is 0 Å². The maximum absolute atomic E-state index is 8.73. The second kappa shape index (κ2) is 4.75. The van der Waals surface area contributed by atoms with Crippen LogP contribution in [0.25, 0.3) is 0 Å². The van der Waals surface area contributed by atoms with Crippen molar-refractivity contribution in [1.82, 2.24) is 0 Å². The van der Waals surface area contributed by atoms with Gasteiger partial charge in [0.2, 0.25) is 0 Å². The third-order valence-electron chi connectivity index (χ3n) is 2.63. The standard InChI is InChI=1S/C14H14N2O/c1-11-3-8-14(17-11)10-16(2)13-6-4-12(9-15)5-7-13/h3-8H,10H2,1-2H3. The maximum atomic E-state index is 8.73. The Morgan fingerprint density at radius 3 is 2.41 bits per heavy atom. The van der Waals surface area contributed by atoms with Crippen LogP contribution in [0.5, 0.6) is 0 Å². The summed E-state index contributed by atoms with van der Waals surface area (Å²) in [5.74, 6) is 1.86. The van der Waals surface area contributed by atoms with E-state index >= 15 is 0 Å². The third kappa shape index (κ3) is 2.67. The van der Waals surface area contributed by atoms with E-state index in [0.717, 1.165) is 23.8 Å². The van der Waals surface area contributed by atoms with Gasteiger partial charge < -0.3 is 9.32 Å². The largest absolute Gasteiger partial charge is 0.464 e. The van der Waals surface area contributed by atoms with Crippen molar-refractivity contribution in [3.8, 4) is 6.07 Å². The molecular weight excluding hydrogens is 212 g/mol. The molecule has 0 spiro atoms. The van der Waals surface area contributed by atoms with Gasteiger partial charge in [-0.1, -0.05) is 0 Å². The predicted octanol–water partition coefficient (Wildman–Crippen LogP) is 3.10. The summed E-state index contributed by atoms with van der Waals surface area (Å²) >= 11 is 0. The molecule has 2 aromatic rings. The highest BCUT2D eigenvalue weighted by Crippen LogP contribution is 2.17. The third-order valence-corrected chi connectivity index (χ3v) is 2.63. The van der Waals surface area contributed by atoms with Crippen LogP contribution in [0.4, 0.5) is 5.69 Å². The fourth-order valence-corrected chi connectivity index (χ4v) is 1.69. The SMILES string of the molecule is Cc1ccc(CN(C)c2ccc(C#N)cc2)o1. The Bertz CT molecular complexity index is 534. The van der Waals surface area contributed by atoms with E-state index in [2.05, 4.69) is 11.0 Å². The molecule has 1 aromatic carbocycles. The van der Waals surface area contributed by atoms with Crippen molar-refractivity contribution in [3.63, 3.8) is 0 Å². The summed E-state index contributed by atoms with van der Waals surface area (Å²) < 4.78 is 5.53. The van der Waals surface area contributed by atoms with E-state index in [4.69, 9.17) is 9.68 Å². The maximum Gasteiger partial charge on any atom is 0.123 e. The minimum atomic E-state index is 0.677. The molecule has 0 aliphatic heterocycles. The number of aryl methyl sites for hydroxylation is 1. The number of hydrogen-bond donors (Lipinski definition) is 0. The van der Waals surface area contributed by atoms with Gasteiger partial charge >= 0.3 is 0 Å². The van der Waals surface area contributed by atoms with Crippen molar-refractivity contribution < 1.29 is 4.42 Å². The average molecular weight is 226 g/mol. The quantitative estimate of drug-likeness (QED) is 0.807. The number of nitriles is 1. The van der Waals surface area contributed by atoms with Gasteiger partial charge in [-0.25, -0.2) is 0 Å². The van der Waals surface area contributed by atoms with Crippen LogP contribution in [-0.4, -0.2) is 7.05 Å². The highest BCUT2D eigenvalue weighted by Gasteiger charge is 2.05. The first-order valence-corrected chi connectivity index (χ1v) is 5.45. The Kier molecular flexibility index (Phi) is 3.15. The molecule has 0 radical (unpaired) electrons. The lowest BCUT2D eigenvalue weighted by Crippen LogP contribution is -2.15. The van der Waals surface area contributed by atoms with Crippen LogP contribution in [0.1, 0.15) is 17.1 Å². The lowest BCUT2D eigenvalue weighted by molar-refractivity contribution is 0.482. The Hall–Kier alpha value is -2.21. The van der Waals surface area contributed by atoms with Crippen molar-refractivity contribution in [2.75, 3.05) is 11.9 Å². The zero-order valence-corrected chi connectivity index (χ0v) is 9.97. The first-order valence-electron chi connectivity index (χ1n) is 5.45. The van der Waals surface area contributed by atoms with E-state index in [1.807, 2.05) is 50.4 Å². The first kappa shape index (κ1) is 11.3. The highest BCUT2D eigenvalue weighted by molar-refractivity contribution is 5.49. The first-order chi connectivity index (χ1) is 8.19. The summed E-state index contributed by atoms with van der Waals surface area (Å²) in [6.07, 6.45) is 0. The summed E-state index contributed by atoms with van der Waals surface area (Å²) in [5.41, 5.74) is 1.74. The Morgan fingerprint density at radius 2 is 1.88 bits per heavy atom. The molecular formula is C14H14N2O. The van der Waals surface area contributed by atoms with Crippen molar-refractivity contribution >= 4 is 5.69 Å². The van der Waals surface area contributed by atoms with E-state index in [-0.39, 0.29) is 0 Å². The van der Waals surface area contributed by atoms with Gasteiger partial charge in [-0.15, -0.1) is 0 Å². The van der Waals surface area contributed by atoms with Gasteiger partial charge in [0.05, 0.1) is 18.2 Å². The fourth-order valence-electron chi connectivity index (χ4n) is 1.69. The molecule has 0 unspecified atom stereocenters. The molecule has 0 atom stereocenters. The monoisotopic (exact) mass is 226 g/mol. The summed E-state index contributed by atoms with van der Waals surface area (Å²) in [6.45, 7) is 2.66. The van der Waals surface area contributed by atoms with Gasteiger partial charge in [-0.2, -0.15) is 5.26 Å². The zero-order valence-electron chi connectivity index (χ0n) is 9.97. The van der Waals surface area contributed by atoms with Crippen molar-refractivity contribution in [3.05, 3.63) is 53.5 Å². The lowest BCUT2D eigenvalue weighted by Gasteiger charge is -2.17. The molecule has 0 aliphatic rings. The highest BCUT2D eigenvalue weighted by atomic mass is 16.3. The molecule has 86 valence electrons. The molecule has 0 amide bonds. The molecule has 1 heterocycles. The van der Waals surface area contributed by atoms with Crippen LogP contribution in [0.15, 0.2) is 40.8 Å². The zero-order chi connectivity index (χ0) is 12.3. The van der Waals surface area contributed by atoms with E-state index in [0.29, 0.717) is 5.56 Å². The number of hydrogen-bond acceptors (Lipinski definition) is 3. The van der Waals surface area contributed by atoms with Gasteiger partial charge in [-0.05, 0) is 43.3 Å². The van der Waals surface area contributed by atoms with Crippen LogP contribution in [0, 0.1) is 18.3 Å². The Morgan fingerprint density at radius 1 is 1.18 bits per heavy atom. The summed E-state index contributed by atoms with van der Waals surface area (Å²) in [5, 5.41) is 8.73. The number of rotatable bonds is 3. The Balaban J connectivity index is 2.09. The minimum absolute atomic E-state index is 0.677. The van der Waals surface area contributed by atoms with Gasteiger partial charge in [0, 0.05) is 12.7 Å². The van der Waals surface area contributed by atoms with Crippen LogP contribution >= 0.6 is 0 Å². The average Bonchev–Trinajstić information content (AvgIpc) is 2.75. The molecule has 2 rings (SSSR count). The van der Waals surface area contributed by atoms with E-state index in [1.165, 1.54) is 0 Å². The second-order valence-corrected chi connectivity index (χ2v) is 4.03. The fraction of sp³-hybridized carbons (Fsp3) is 0.214. The summed E-state index contributed by atoms with van der Waals surface area (Å²) in [4.78, 5) is 2.08. The summed E-state index contributed by atoms with van der Waals surface area (Å²) in [6, 6.07) is 13.6. The smallest absolute Gasteiger partial charge is 0.123 e. The topological polar surface area (TPSA) is 40.2 Å². The van der Waals surface area contributed by atoms with Gasteiger partial charge in [0.25, 0.3) is 0 Å². The molecule has 0 saturated carbocycles. The van der Waals surface area contributed by atoms with Crippen LogP contribution in [-0.2, 0) is 6.54 Å². The van der Waals surface area contributed by atoms with Crippen LogP contribution < -0.4 is 4.90 Å². The number of anilines is 1. The molecule has 1 aromatic heterocycles. The van der Waals surface area contributed by atoms with E-state index in [1.54, 1.807) is 0 Å². The second-order valence-electron chi connectivity index (χ2n) is 4.03. The van der Waals surface area contributed by atoms with Crippen LogP contribution in [0.3, 0.4) is 0 Å². The van der Waals surface area contributed by atoms with E-state index < -0.39 is 0 Å². The number of nitrogens with zero attached hydrogens (tertiary/aromatic N) is 2. The number of benzene rings is 1. The molecule has 0 saturated heterocycles. The molecule has 3 heteroatoms. The van der Waals surface area contributed by atoms with E-state index in [9.17, 15) is 0 Å². The molecule has 0 fully saturated rings. The molecule has 3 nitrogen and oxygen atoms in total. The molecule has 0 N–H and O–H groups in total. The van der Waals surface area contributed by atoms with Crippen molar-refractivity contribution in [1.29, 1.82) is 5.26 Å². The van der Waals surface area contributed by atoms with Gasteiger partial charge in [0.1, 0.15) is 11.5 Å². The minimum Gasteiger partial charge on any atom is -0.464 e. The lowest BCUT2D eigenvalue weighted by atomic mass is 10.2. The normalized spacial score (nSPS) is 9.94. The summed E-state index contributed by atoms with van der Waals surface area (Å²) in [7, 11) is 2.00. The number of furan rings is 1. The van der Waals surface area contributed by atoms with Crippen molar-refractivity contribution in [2.45, 2.75) is 13.5 Å². The van der Waals surface area contributed by atoms with Crippen molar-refractivity contribution in [2.24, 2.45) is 0 Å². The van der Waals surface area contributed by atoms with Crippen LogP contribution in [0.2, 0.25) is 0 Å². The molecule has 0 bridgehead atoms. The predicted molar refractivity (Wildman–Crippen MR) is 66.7 cm³/mol.